The van der Waals surface area contributed by atoms with Gasteiger partial charge in [-0.3, -0.25) is 9.59 Å². The molecule has 0 aromatic rings. The Morgan fingerprint density at radius 3 is 1.03 bits per heavy atom. The van der Waals surface area contributed by atoms with Crippen LogP contribution in [0.5, 0.6) is 0 Å². The number of esters is 1. The van der Waals surface area contributed by atoms with Crippen LogP contribution in [0.15, 0.2) is 12.2 Å². The lowest BCUT2D eigenvalue weighted by Gasteiger charge is -2.20. The molecule has 2 atom stereocenters. The second-order valence-corrected chi connectivity index (χ2v) is 20.7. The third-order valence-electron chi connectivity index (χ3n) is 14.1. The minimum atomic E-state index is -0.854. The van der Waals surface area contributed by atoms with Crippen LogP contribution in [0.2, 0.25) is 0 Å². The van der Waals surface area contributed by atoms with Crippen molar-refractivity contribution >= 4 is 11.9 Å². The molecule has 0 aromatic carbocycles. The van der Waals surface area contributed by atoms with E-state index in [2.05, 4.69) is 19.2 Å². The molecular formula is C60H117NO5. The van der Waals surface area contributed by atoms with Crippen molar-refractivity contribution in [2.45, 2.75) is 347 Å². The van der Waals surface area contributed by atoms with Crippen molar-refractivity contribution in [2.75, 3.05) is 13.2 Å². The van der Waals surface area contributed by atoms with Crippen molar-refractivity contribution in [2.24, 2.45) is 0 Å². The molecule has 0 radical (unpaired) electrons. The van der Waals surface area contributed by atoms with Gasteiger partial charge in [-0.25, -0.2) is 0 Å². The maximum Gasteiger partial charge on any atom is 0.305 e. The summed E-state index contributed by atoms with van der Waals surface area (Å²) < 4.78 is 5.48. The molecule has 0 saturated carbocycles. The standard InChI is InChI=1S/C60H117NO5/c1-3-5-7-9-11-13-15-17-19-21-23-24-26-28-32-36-40-44-48-52-58(63)57(56-62)61-59(64)53-49-45-41-37-33-30-31-35-39-43-47-51-55-66-60(65)54-50-46-42-38-34-29-27-25-22-20-18-16-14-12-10-8-6-4-2/h48,52,57-58,62-63H,3-47,49-51,53-56H2,1-2H3,(H,61,64)/b52-48+. The Hall–Kier alpha value is -1.40. The second kappa shape index (κ2) is 56.2. The second-order valence-electron chi connectivity index (χ2n) is 20.7. The molecule has 2 unspecified atom stereocenters. The number of amides is 1. The molecule has 3 N–H and O–H groups in total. The van der Waals surface area contributed by atoms with Crippen LogP contribution < -0.4 is 5.32 Å². The van der Waals surface area contributed by atoms with Gasteiger partial charge < -0.3 is 20.3 Å². The van der Waals surface area contributed by atoms with Gasteiger partial charge >= 0.3 is 5.97 Å². The third kappa shape index (κ3) is 52.0. The van der Waals surface area contributed by atoms with Gasteiger partial charge in [-0.05, 0) is 32.1 Å². The number of nitrogens with one attached hydrogen (secondary N) is 1. The third-order valence-corrected chi connectivity index (χ3v) is 14.1. The van der Waals surface area contributed by atoms with Gasteiger partial charge in [-0.15, -0.1) is 0 Å². The van der Waals surface area contributed by atoms with Crippen molar-refractivity contribution in [3.05, 3.63) is 12.2 Å². The summed E-state index contributed by atoms with van der Waals surface area (Å²) >= 11 is 0. The van der Waals surface area contributed by atoms with Crippen molar-refractivity contribution in [3.8, 4) is 0 Å². The minimum absolute atomic E-state index is 0.00553. The molecule has 0 fully saturated rings. The quantitative estimate of drug-likeness (QED) is 0.0321. The van der Waals surface area contributed by atoms with Crippen molar-refractivity contribution < 1.29 is 24.5 Å². The zero-order chi connectivity index (χ0) is 47.9. The number of carbonyl (C=O) groups excluding carboxylic acids is 2. The SMILES string of the molecule is CCCCCCCCCCCCCCCCCCC/C=C/C(O)C(CO)NC(=O)CCCCCCCCCCCCCCOC(=O)CCCCCCCCCCCCCCCCCCCC. The van der Waals surface area contributed by atoms with E-state index in [-0.39, 0.29) is 18.5 Å². The van der Waals surface area contributed by atoms with E-state index in [4.69, 9.17) is 4.74 Å². The molecule has 0 heterocycles. The Balaban J connectivity index is 3.46. The topological polar surface area (TPSA) is 95.9 Å². The first-order chi connectivity index (χ1) is 32.5. The van der Waals surface area contributed by atoms with E-state index >= 15 is 0 Å². The summed E-state index contributed by atoms with van der Waals surface area (Å²) in [4.78, 5) is 24.6. The fraction of sp³-hybridized carbons (Fsp3) is 0.933. The molecule has 0 aliphatic heterocycles. The molecule has 0 spiro atoms. The highest BCUT2D eigenvalue weighted by atomic mass is 16.5. The number of carbonyl (C=O) groups is 2. The van der Waals surface area contributed by atoms with E-state index in [0.29, 0.717) is 19.4 Å². The summed E-state index contributed by atoms with van der Waals surface area (Å²) in [6.45, 7) is 4.90. The normalized spacial score (nSPS) is 12.6. The van der Waals surface area contributed by atoms with Crippen LogP contribution in [-0.2, 0) is 14.3 Å². The van der Waals surface area contributed by atoms with E-state index in [1.807, 2.05) is 6.08 Å². The highest BCUT2D eigenvalue weighted by Crippen LogP contribution is 2.18. The highest BCUT2D eigenvalue weighted by molar-refractivity contribution is 5.76. The van der Waals surface area contributed by atoms with Crippen LogP contribution in [0.3, 0.4) is 0 Å². The molecule has 1 amide bonds. The van der Waals surface area contributed by atoms with E-state index in [1.54, 1.807) is 6.08 Å². The number of rotatable bonds is 56. The zero-order valence-corrected chi connectivity index (χ0v) is 44.7. The van der Waals surface area contributed by atoms with Crippen LogP contribution in [-0.4, -0.2) is 47.4 Å². The highest BCUT2D eigenvalue weighted by Gasteiger charge is 2.18. The van der Waals surface area contributed by atoms with E-state index < -0.39 is 12.1 Å². The number of aliphatic hydroxyl groups excluding tert-OH is 2. The molecule has 392 valence electrons. The monoisotopic (exact) mass is 932 g/mol. The Morgan fingerprint density at radius 1 is 0.409 bits per heavy atom. The summed E-state index contributed by atoms with van der Waals surface area (Å²) in [5.74, 6) is -0.0854. The largest absolute Gasteiger partial charge is 0.466 e. The molecule has 0 aliphatic rings. The molecule has 0 bridgehead atoms. The number of ether oxygens (including phenoxy) is 1. The molecule has 66 heavy (non-hydrogen) atoms. The van der Waals surface area contributed by atoms with Gasteiger partial charge in [-0.2, -0.15) is 0 Å². The number of hydrogen-bond acceptors (Lipinski definition) is 5. The lowest BCUT2D eigenvalue weighted by atomic mass is 10.0. The summed E-state index contributed by atoms with van der Waals surface area (Å²) in [6, 6.07) is -0.639. The zero-order valence-electron chi connectivity index (χ0n) is 44.7. The van der Waals surface area contributed by atoms with E-state index in [9.17, 15) is 19.8 Å². The van der Waals surface area contributed by atoms with Crippen LogP contribution in [0, 0.1) is 0 Å². The van der Waals surface area contributed by atoms with Gasteiger partial charge in [-0.1, -0.05) is 302 Å². The Morgan fingerprint density at radius 2 is 0.697 bits per heavy atom. The predicted molar refractivity (Wildman–Crippen MR) is 287 cm³/mol. The Kier molecular flexibility index (Phi) is 55.0. The Labute approximate surface area is 412 Å². The fourth-order valence-corrected chi connectivity index (χ4v) is 9.46. The van der Waals surface area contributed by atoms with Gasteiger partial charge in [0.05, 0.1) is 25.4 Å². The molecule has 0 aromatic heterocycles. The lowest BCUT2D eigenvalue weighted by molar-refractivity contribution is -0.143. The average Bonchev–Trinajstić information content (AvgIpc) is 3.32. The Bertz CT molecular complexity index is 986. The minimum Gasteiger partial charge on any atom is -0.466 e. The first-order valence-electron chi connectivity index (χ1n) is 30.0. The van der Waals surface area contributed by atoms with Gasteiger partial charge in [0.1, 0.15) is 0 Å². The van der Waals surface area contributed by atoms with E-state index in [1.165, 1.54) is 250 Å². The number of aliphatic hydroxyl groups is 2. The molecule has 6 heteroatoms. The maximum absolute atomic E-state index is 12.5. The first-order valence-corrected chi connectivity index (χ1v) is 30.0. The van der Waals surface area contributed by atoms with Crippen LogP contribution in [0.4, 0.5) is 0 Å². The van der Waals surface area contributed by atoms with Gasteiger partial charge in [0.25, 0.3) is 0 Å². The smallest absolute Gasteiger partial charge is 0.305 e. The van der Waals surface area contributed by atoms with Crippen LogP contribution in [0.25, 0.3) is 0 Å². The van der Waals surface area contributed by atoms with Crippen molar-refractivity contribution in [1.29, 1.82) is 0 Å². The first kappa shape index (κ1) is 64.6. The number of allylic oxidation sites excluding steroid dienone is 1. The van der Waals surface area contributed by atoms with Gasteiger partial charge in [0, 0.05) is 12.8 Å². The maximum atomic E-state index is 12.5. The molecule has 6 nitrogen and oxygen atoms in total. The van der Waals surface area contributed by atoms with Gasteiger partial charge in [0.15, 0.2) is 0 Å². The van der Waals surface area contributed by atoms with Crippen LogP contribution in [0.1, 0.15) is 335 Å². The summed E-state index contributed by atoms with van der Waals surface area (Å²) in [6.07, 6.45) is 66.6. The number of unbranched alkanes of at least 4 members (excludes halogenated alkanes) is 45. The molecular weight excluding hydrogens is 815 g/mol. The van der Waals surface area contributed by atoms with Crippen molar-refractivity contribution in [1.82, 2.24) is 5.32 Å². The average molecular weight is 933 g/mol. The van der Waals surface area contributed by atoms with Crippen LogP contribution >= 0.6 is 0 Å². The summed E-state index contributed by atoms with van der Waals surface area (Å²) in [5, 5.41) is 23.2. The molecule has 0 aliphatic carbocycles. The predicted octanol–water partition coefficient (Wildman–Crippen LogP) is 18.5. The lowest BCUT2D eigenvalue weighted by Crippen LogP contribution is -2.45. The van der Waals surface area contributed by atoms with E-state index in [0.717, 1.165) is 57.8 Å². The molecule has 0 saturated heterocycles. The summed E-state index contributed by atoms with van der Waals surface area (Å²) in [7, 11) is 0. The summed E-state index contributed by atoms with van der Waals surface area (Å²) in [5.41, 5.74) is 0. The van der Waals surface area contributed by atoms with Crippen molar-refractivity contribution in [3.63, 3.8) is 0 Å². The number of hydrogen-bond donors (Lipinski definition) is 3. The van der Waals surface area contributed by atoms with Gasteiger partial charge in [0.2, 0.25) is 5.91 Å². The fourth-order valence-electron chi connectivity index (χ4n) is 9.46. The molecule has 0 rings (SSSR count).